The maximum Gasteiger partial charge on any atom is 0.123 e. The third-order valence-corrected chi connectivity index (χ3v) is 4.23. The van der Waals surface area contributed by atoms with E-state index in [1.807, 2.05) is 19.1 Å². The van der Waals surface area contributed by atoms with Crippen LogP contribution in [-0.2, 0) is 11.3 Å². The van der Waals surface area contributed by atoms with Crippen molar-refractivity contribution in [1.29, 1.82) is 0 Å². The number of rotatable bonds is 7. The van der Waals surface area contributed by atoms with Crippen molar-refractivity contribution in [2.45, 2.75) is 32.4 Å². The van der Waals surface area contributed by atoms with Crippen LogP contribution < -0.4 is 4.74 Å². The molecule has 1 aromatic carbocycles. The highest BCUT2D eigenvalue weighted by atomic mass is 16.5. The molecule has 118 valence electrons. The van der Waals surface area contributed by atoms with E-state index in [1.54, 1.807) is 7.11 Å². The third kappa shape index (κ3) is 4.99. The second-order valence-electron chi connectivity index (χ2n) is 5.80. The molecule has 1 aromatic rings. The Kier molecular flexibility index (Phi) is 6.49. The van der Waals surface area contributed by atoms with Crippen molar-refractivity contribution in [2.24, 2.45) is 5.92 Å². The zero-order valence-corrected chi connectivity index (χ0v) is 13.1. The predicted octanol–water partition coefficient (Wildman–Crippen LogP) is 2.30. The van der Waals surface area contributed by atoms with Gasteiger partial charge in [-0.25, -0.2) is 0 Å². The number of benzene rings is 1. The predicted molar refractivity (Wildman–Crippen MR) is 83.5 cm³/mol. The largest absolute Gasteiger partial charge is 0.491 e. The third-order valence-electron chi connectivity index (χ3n) is 4.23. The summed E-state index contributed by atoms with van der Waals surface area (Å²) in [5, 5.41) is 9.67. The van der Waals surface area contributed by atoms with E-state index in [2.05, 4.69) is 17.0 Å². The van der Waals surface area contributed by atoms with Gasteiger partial charge in [0.25, 0.3) is 0 Å². The van der Waals surface area contributed by atoms with Crippen molar-refractivity contribution in [2.75, 3.05) is 33.4 Å². The lowest BCUT2D eigenvalue weighted by Gasteiger charge is -2.33. The summed E-state index contributed by atoms with van der Waals surface area (Å²) in [6, 6.07) is 8.21. The Labute approximate surface area is 127 Å². The Balaban J connectivity index is 1.88. The van der Waals surface area contributed by atoms with Crippen LogP contribution in [-0.4, -0.2) is 49.5 Å². The molecular formula is C17H27NO3. The lowest BCUT2D eigenvalue weighted by Crippen LogP contribution is -2.36. The highest BCUT2D eigenvalue weighted by Crippen LogP contribution is 2.25. The van der Waals surface area contributed by atoms with E-state index in [4.69, 9.17) is 9.47 Å². The number of aliphatic hydroxyl groups excluding tert-OH is 1. The number of likely N-dealkylation sites (tertiary alicyclic amines) is 1. The van der Waals surface area contributed by atoms with Gasteiger partial charge in [0.05, 0.1) is 12.7 Å². The molecule has 0 aliphatic carbocycles. The molecule has 0 aromatic heterocycles. The molecule has 1 saturated heterocycles. The first-order valence-electron chi connectivity index (χ1n) is 7.80. The normalized spacial score (nSPS) is 18.6. The van der Waals surface area contributed by atoms with Gasteiger partial charge in [-0.3, -0.25) is 4.90 Å². The van der Waals surface area contributed by atoms with Crippen molar-refractivity contribution in [3.05, 3.63) is 29.8 Å². The first-order valence-corrected chi connectivity index (χ1v) is 7.80. The molecule has 0 bridgehead atoms. The average molecular weight is 293 g/mol. The van der Waals surface area contributed by atoms with Gasteiger partial charge < -0.3 is 14.6 Å². The van der Waals surface area contributed by atoms with Crippen LogP contribution in [0.4, 0.5) is 0 Å². The fourth-order valence-corrected chi connectivity index (χ4v) is 2.84. The van der Waals surface area contributed by atoms with Gasteiger partial charge >= 0.3 is 0 Å². The summed E-state index contributed by atoms with van der Waals surface area (Å²) in [5.41, 5.74) is 1.23. The van der Waals surface area contributed by atoms with Crippen molar-refractivity contribution >= 4 is 0 Å². The molecule has 1 heterocycles. The van der Waals surface area contributed by atoms with Crippen LogP contribution in [0.15, 0.2) is 24.3 Å². The lowest BCUT2D eigenvalue weighted by molar-refractivity contribution is 0.0690. The molecule has 4 heteroatoms. The Hall–Kier alpha value is -1.10. The Morgan fingerprint density at radius 2 is 1.95 bits per heavy atom. The van der Waals surface area contributed by atoms with E-state index in [9.17, 15) is 5.11 Å². The summed E-state index contributed by atoms with van der Waals surface area (Å²) in [7, 11) is 1.68. The topological polar surface area (TPSA) is 41.9 Å². The van der Waals surface area contributed by atoms with Crippen molar-refractivity contribution in [1.82, 2.24) is 4.90 Å². The van der Waals surface area contributed by atoms with Crippen molar-refractivity contribution < 1.29 is 14.6 Å². The maximum atomic E-state index is 9.67. The van der Waals surface area contributed by atoms with Crippen molar-refractivity contribution in [3.8, 4) is 5.75 Å². The Morgan fingerprint density at radius 3 is 2.62 bits per heavy atom. The van der Waals surface area contributed by atoms with Gasteiger partial charge in [-0.2, -0.15) is 0 Å². The summed E-state index contributed by atoms with van der Waals surface area (Å²) in [4.78, 5) is 2.44. The summed E-state index contributed by atoms with van der Waals surface area (Å²) in [5.74, 6) is 1.40. The molecule has 1 atom stereocenters. The first-order chi connectivity index (χ1) is 10.2. The fourth-order valence-electron chi connectivity index (χ4n) is 2.84. The number of methoxy groups -OCH3 is 1. The zero-order chi connectivity index (χ0) is 15.1. The molecule has 0 saturated carbocycles. The monoisotopic (exact) mass is 293 g/mol. The van der Waals surface area contributed by atoms with Crippen LogP contribution >= 0.6 is 0 Å². The highest BCUT2D eigenvalue weighted by molar-refractivity contribution is 5.33. The number of aliphatic hydroxyl groups is 1. The average Bonchev–Trinajstić information content (AvgIpc) is 2.50. The van der Waals surface area contributed by atoms with Gasteiger partial charge in [-0.15, -0.1) is 0 Å². The van der Waals surface area contributed by atoms with Crippen LogP contribution in [0.5, 0.6) is 5.75 Å². The minimum Gasteiger partial charge on any atom is -0.491 e. The molecule has 1 unspecified atom stereocenters. The molecule has 1 N–H and O–H groups in total. The summed E-state index contributed by atoms with van der Waals surface area (Å²) >= 11 is 0. The van der Waals surface area contributed by atoms with Gasteiger partial charge in [0.15, 0.2) is 0 Å². The van der Waals surface area contributed by atoms with Crippen LogP contribution in [0, 0.1) is 5.92 Å². The number of hydrogen-bond donors (Lipinski definition) is 1. The smallest absolute Gasteiger partial charge is 0.123 e. The summed E-state index contributed by atoms with van der Waals surface area (Å²) in [6.45, 7) is 6.09. The minimum atomic E-state index is -0.184. The molecule has 0 spiro atoms. The quantitative estimate of drug-likeness (QED) is 0.783. The number of hydrogen-bond acceptors (Lipinski definition) is 4. The number of ether oxygens (including phenoxy) is 2. The van der Waals surface area contributed by atoms with E-state index in [0.717, 1.165) is 38.2 Å². The number of nitrogens with zero attached hydrogens (tertiary/aromatic N) is 1. The zero-order valence-electron chi connectivity index (χ0n) is 13.1. The van der Waals surface area contributed by atoms with Crippen LogP contribution in [0.25, 0.3) is 0 Å². The van der Waals surface area contributed by atoms with Crippen molar-refractivity contribution in [3.63, 3.8) is 0 Å². The fraction of sp³-hybridized carbons (Fsp3) is 0.647. The molecule has 0 amide bonds. The van der Waals surface area contributed by atoms with Gasteiger partial charge in [-0.1, -0.05) is 18.2 Å². The molecular weight excluding hydrogens is 266 g/mol. The van der Waals surface area contributed by atoms with E-state index in [0.29, 0.717) is 19.1 Å². The van der Waals surface area contributed by atoms with E-state index < -0.39 is 0 Å². The second-order valence-corrected chi connectivity index (χ2v) is 5.80. The van der Waals surface area contributed by atoms with E-state index in [-0.39, 0.29) is 6.10 Å². The molecule has 0 radical (unpaired) electrons. The Bertz CT molecular complexity index is 414. The first kappa shape index (κ1) is 16.3. The van der Waals surface area contributed by atoms with Crippen LogP contribution in [0.2, 0.25) is 0 Å². The van der Waals surface area contributed by atoms with Crippen LogP contribution in [0.3, 0.4) is 0 Å². The van der Waals surface area contributed by atoms with Gasteiger partial charge in [0, 0.05) is 19.2 Å². The van der Waals surface area contributed by atoms with E-state index in [1.165, 1.54) is 5.56 Å². The molecule has 1 fully saturated rings. The Morgan fingerprint density at radius 1 is 1.24 bits per heavy atom. The molecule has 1 aliphatic heterocycles. The van der Waals surface area contributed by atoms with Gasteiger partial charge in [-0.05, 0) is 44.8 Å². The summed E-state index contributed by atoms with van der Waals surface area (Å²) < 4.78 is 10.8. The maximum absolute atomic E-state index is 9.67. The minimum absolute atomic E-state index is 0.184. The second kappa shape index (κ2) is 8.37. The highest BCUT2D eigenvalue weighted by Gasteiger charge is 2.23. The molecule has 4 nitrogen and oxygen atoms in total. The SMILES string of the molecule is COCCOc1ccccc1CN1CCC(C(C)O)CC1. The van der Waals surface area contributed by atoms with Gasteiger partial charge in [0.1, 0.15) is 12.4 Å². The summed E-state index contributed by atoms with van der Waals surface area (Å²) in [6.07, 6.45) is 1.96. The lowest BCUT2D eigenvalue weighted by atomic mass is 9.92. The molecule has 1 aliphatic rings. The van der Waals surface area contributed by atoms with Gasteiger partial charge in [0.2, 0.25) is 0 Å². The molecule has 21 heavy (non-hydrogen) atoms. The standard InChI is InChI=1S/C17H27NO3/c1-14(19)15-7-9-18(10-8-15)13-16-5-3-4-6-17(16)21-12-11-20-2/h3-6,14-15,19H,7-13H2,1-2H3. The van der Waals surface area contributed by atoms with E-state index >= 15 is 0 Å². The molecule has 2 rings (SSSR count). The van der Waals surface area contributed by atoms with Crippen LogP contribution in [0.1, 0.15) is 25.3 Å². The number of para-hydroxylation sites is 1. The number of piperidine rings is 1.